The van der Waals surface area contributed by atoms with E-state index < -0.39 is 0 Å². The van der Waals surface area contributed by atoms with Gasteiger partial charge in [0, 0.05) is 17.3 Å². The Kier molecular flexibility index (Phi) is 3.75. The molecule has 0 fully saturated rings. The highest BCUT2D eigenvalue weighted by molar-refractivity contribution is 6.04. The Morgan fingerprint density at radius 1 is 1.09 bits per heavy atom. The zero-order chi connectivity index (χ0) is 15.7. The van der Waals surface area contributed by atoms with Gasteiger partial charge in [0.25, 0.3) is 0 Å². The van der Waals surface area contributed by atoms with Gasteiger partial charge in [-0.2, -0.15) is 0 Å². The molecule has 0 spiro atoms. The number of para-hydroxylation sites is 1. The van der Waals surface area contributed by atoms with Gasteiger partial charge in [-0.15, -0.1) is 0 Å². The van der Waals surface area contributed by atoms with E-state index in [0.29, 0.717) is 6.54 Å². The first-order valence-electron chi connectivity index (χ1n) is 7.27. The van der Waals surface area contributed by atoms with Gasteiger partial charge >= 0.3 is 0 Å². The van der Waals surface area contributed by atoms with Gasteiger partial charge in [0.2, 0.25) is 5.91 Å². The van der Waals surface area contributed by atoms with E-state index in [2.05, 4.69) is 0 Å². The SMILES string of the molecule is COc1ccc(CN2C(=O)C(C)c3ccccc32)c(OC)c1. The van der Waals surface area contributed by atoms with Crippen LogP contribution >= 0.6 is 0 Å². The van der Waals surface area contributed by atoms with Gasteiger partial charge in [-0.1, -0.05) is 18.2 Å². The predicted octanol–water partition coefficient (Wildman–Crippen LogP) is 3.35. The topological polar surface area (TPSA) is 38.8 Å². The lowest BCUT2D eigenvalue weighted by molar-refractivity contribution is -0.119. The number of carbonyl (C=O) groups excluding carboxylic acids is 1. The Morgan fingerprint density at radius 2 is 1.86 bits per heavy atom. The number of anilines is 1. The van der Waals surface area contributed by atoms with Crippen LogP contribution in [0.5, 0.6) is 11.5 Å². The molecule has 114 valence electrons. The first-order valence-corrected chi connectivity index (χ1v) is 7.27. The number of methoxy groups -OCH3 is 2. The van der Waals surface area contributed by atoms with Gasteiger partial charge in [-0.25, -0.2) is 0 Å². The summed E-state index contributed by atoms with van der Waals surface area (Å²) in [4.78, 5) is 14.4. The Labute approximate surface area is 130 Å². The average molecular weight is 297 g/mol. The molecule has 1 aliphatic rings. The van der Waals surface area contributed by atoms with Crippen molar-refractivity contribution in [1.29, 1.82) is 0 Å². The molecule has 1 heterocycles. The smallest absolute Gasteiger partial charge is 0.234 e. The molecule has 1 amide bonds. The third-order valence-electron chi connectivity index (χ3n) is 4.15. The normalized spacial score (nSPS) is 16.6. The van der Waals surface area contributed by atoms with Crippen molar-refractivity contribution in [2.75, 3.05) is 19.1 Å². The Bertz CT molecular complexity index is 711. The Balaban J connectivity index is 1.95. The maximum atomic E-state index is 12.5. The number of rotatable bonds is 4. The molecule has 0 bridgehead atoms. The molecule has 0 aliphatic carbocycles. The van der Waals surface area contributed by atoms with E-state index in [9.17, 15) is 4.79 Å². The number of hydrogen-bond acceptors (Lipinski definition) is 3. The number of amides is 1. The zero-order valence-electron chi connectivity index (χ0n) is 13.0. The highest BCUT2D eigenvalue weighted by Crippen LogP contribution is 2.38. The van der Waals surface area contributed by atoms with E-state index in [4.69, 9.17) is 9.47 Å². The Morgan fingerprint density at radius 3 is 2.59 bits per heavy atom. The number of ether oxygens (including phenoxy) is 2. The van der Waals surface area contributed by atoms with Crippen LogP contribution in [0.2, 0.25) is 0 Å². The molecular formula is C18H19NO3. The maximum Gasteiger partial charge on any atom is 0.234 e. The van der Waals surface area contributed by atoms with Crippen molar-refractivity contribution in [2.24, 2.45) is 0 Å². The molecule has 0 saturated heterocycles. The van der Waals surface area contributed by atoms with E-state index >= 15 is 0 Å². The van der Waals surface area contributed by atoms with E-state index in [1.54, 1.807) is 14.2 Å². The van der Waals surface area contributed by atoms with Gasteiger partial charge in [-0.3, -0.25) is 4.79 Å². The van der Waals surface area contributed by atoms with Crippen LogP contribution in [0.4, 0.5) is 5.69 Å². The molecule has 22 heavy (non-hydrogen) atoms. The number of nitrogens with zero attached hydrogens (tertiary/aromatic N) is 1. The van der Waals surface area contributed by atoms with E-state index in [0.717, 1.165) is 28.3 Å². The van der Waals surface area contributed by atoms with Crippen LogP contribution < -0.4 is 14.4 Å². The summed E-state index contributed by atoms with van der Waals surface area (Å²) in [5, 5.41) is 0. The first kappa shape index (κ1) is 14.4. The van der Waals surface area contributed by atoms with Crippen LogP contribution in [0.15, 0.2) is 42.5 Å². The number of fused-ring (bicyclic) bond motifs is 1. The van der Waals surface area contributed by atoms with Crippen LogP contribution in [0.3, 0.4) is 0 Å². The van der Waals surface area contributed by atoms with Crippen molar-refractivity contribution in [3.8, 4) is 11.5 Å². The molecule has 0 N–H and O–H groups in total. The van der Waals surface area contributed by atoms with Crippen molar-refractivity contribution in [2.45, 2.75) is 19.4 Å². The monoisotopic (exact) mass is 297 g/mol. The summed E-state index contributed by atoms with van der Waals surface area (Å²) in [6.45, 7) is 2.44. The maximum absolute atomic E-state index is 12.5. The summed E-state index contributed by atoms with van der Waals surface area (Å²) < 4.78 is 10.6. The lowest BCUT2D eigenvalue weighted by Crippen LogP contribution is -2.27. The summed E-state index contributed by atoms with van der Waals surface area (Å²) in [6, 6.07) is 13.6. The molecule has 4 heteroatoms. The summed E-state index contributed by atoms with van der Waals surface area (Å²) >= 11 is 0. The standard InChI is InChI=1S/C18H19NO3/c1-12-15-6-4-5-7-16(15)19(18(12)20)11-13-8-9-14(21-2)10-17(13)22-3/h4-10,12H,11H2,1-3H3. The summed E-state index contributed by atoms with van der Waals surface area (Å²) in [7, 11) is 3.25. The molecule has 2 aromatic carbocycles. The molecular weight excluding hydrogens is 278 g/mol. The largest absolute Gasteiger partial charge is 0.497 e. The number of hydrogen-bond donors (Lipinski definition) is 0. The lowest BCUT2D eigenvalue weighted by Gasteiger charge is -2.20. The Hall–Kier alpha value is -2.49. The molecule has 1 atom stereocenters. The van der Waals surface area contributed by atoms with Crippen LogP contribution in [0.1, 0.15) is 24.0 Å². The minimum absolute atomic E-state index is 0.0968. The molecule has 2 aromatic rings. The third-order valence-corrected chi connectivity index (χ3v) is 4.15. The van der Waals surface area contributed by atoms with E-state index in [1.807, 2.05) is 54.3 Å². The summed E-state index contributed by atoms with van der Waals surface area (Å²) in [6.07, 6.45) is 0. The molecule has 0 aromatic heterocycles. The second-order valence-electron chi connectivity index (χ2n) is 5.38. The zero-order valence-corrected chi connectivity index (χ0v) is 13.0. The number of benzene rings is 2. The van der Waals surface area contributed by atoms with Gasteiger partial charge < -0.3 is 14.4 Å². The average Bonchev–Trinajstić information content (AvgIpc) is 2.80. The highest BCUT2D eigenvalue weighted by atomic mass is 16.5. The van der Waals surface area contributed by atoms with E-state index in [-0.39, 0.29) is 11.8 Å². The predicted molar refractivity (Wildman–Crippen MR) is 85.6 cm³/mol. The third kappa shape index (κ3) is 2.30. The summed E-state index contributed by atoms with van der Waals surface area (Å²) in [5.74, 6) is 1.49. The number of carbonyl (C=O) groups is 1. The van der Waals surface area contributed by atoms with Crippen molar-refractivity contribution < 1.29 is 14.3 Å². The fraction of sp³-hybridized carbons (Fsp3) is 0.278. The van der Waals surface area contributed by atoms with Gasteiger partial charge in [0.05, 0.1) is 26.7 Å². The molecule has 1 unspecified atom stereocenters. The molecule has 3 rings (SSSR count). The van der Waals surface area contributed by atoms with E-state index in [1.165, 1.54) is 0 Å². The van der Waals surface area contributed by atoms with Crippen molar-refractivity contribution in [3.63, 3.8) is 0 Å². The molecule has 4 nitrogen and oxygen atoms in total. The van der Waals surface area contributed by atoms with Crippen molar-refractivity contribution in [3.05, 3.63) is 53.6 Å². The minimum Gasteiger partial charge on any atom is -0.497 e. The van der Waals surface area contributed by atoms with Gasteiger partial charge in [0.15, 0.2) is 0 Å². The first-order chi connectivity index (χ1) is 10.7. The van der Waals surface area contributed by atoms with Gasteiger partial charge in [0.1, 0.15) is 11.5 Å². The lowest BCUT2D eigenvalue weighted by atomic mass is 10.0. The molecule has 1 aliphatic heterocycles. The van der Waals surface area contributed by atoms with Crippen LogP contribution in [0, 0.1) is 0 Å². The fourth-order valence-corrected chi connectivity index (χ4v) is 2.90. The van der Waals surface area contributed by atoms with Crippen LogP contribution in [-0.2, 0) is 11.3 Å². The molecule has 0 saturated carbocycles. The fourth-order valence-electron chi connectivity index (χ4n) is 2.90. The van der Waals surface area contributed by atoms with Crippen molar-refractivity contribution >= 4 is 11.6 Å². The summed E-state index contributed by atoms with van der Waals surface area (Å²) in [5.41, 5.74) is 3.03. The highest BCUT2D eigenvalue weighted by Gasteiger charge is 2.34. The second kappa shape index (κ2) is 5.72. The molecule has 0 radical (unpaired) electrons. The van der Waals surface area contributed by atoms with Crippen LogP contribution in [0.25, 0.3) is 0 Å². The minimum atomic E-state index is -0.0968. The van der Waals surface area contributed by atoms with Crippen LogP contribution in [-0.4, -0.2) is 20.1 Å². The van der Waals surface area contributed by atoms with Gasteiger partial charge in [-0.05, 0) is 30.7 Å². The second-order valence-corrected chi connectivity index (χ2v) is 5.38. The van der Waals surface area contributed by atoms with Crippen molar-refractivity contribution in [1.82, 2.24) is 0 Å². The quantitative estimate of drug-likeness (QED) is 0.868.